The summed E-state index contributed by atoms with van der Waals surface area (Å²) in [7, 11) is 0. The van der Waals surface area contributed by atoms with Gasteiger partial charge in [0.25, 0.3) is 0 Å². The lowest BCUT2D eigenvalue weighted by molar-refractivity contribution is -0.0630. The zero-order chi connectivity index (χ0) is 16.0. The summed E-state index contributed by atoms with van der Waals surface area (Å²) in [6.45, 7) is 1.11. The summed E-state index contributed by atoms with van der Waals surface area (Å²) >= 11 is 0. The van der Waals surface area contributed by atoms with E-state index < -0.39 is 37.1 Å². The van der Waals surface area contributed by atoms with Crippen LogP contribution in [-0.2, 0) is 6.42 Å². The molecule has 1 rings (SSSR count). The standard InChI is InChI=1S/C13H22N2O6/c1-2-9(17)13(21)12(20)8-5-14-7(4-15-8)3-10(18)11(19)6-16/h4-5,9-13,16-21H,2-3,6H2,1H3. The predicted octanol–water partition coefficient (Wildman–Crippen LogP) is -2.10. The van der Waals surface area contributed by atoms with Gasteiger partial charge in [-0.05, 0) is 6.42 Å². The molecule has 5 atom stereocenters. The van der Waals surface area contributed by atoms with E-state index in [2.05, 4.69) is 9.97 Å². The van der Waals surface area contributed by atoms with E-state index >= 15 is 0 Å². The highest BCUT2D eigenvalue weighted by Gasteiger charge is 2.26. The highest BCUT2D eigenvalue weighted by molar-refractivity contribution is 5.08. The van der Waals surface area contributed by atoms with E-state index in [-0.39, 0.29) is 18.5 Å². The van der Waals surface area contributed by atoms with Gasteiger partial charge in [-0.1, -0.05) is 6.92 Å². The first-order valence-electron chi connectivity index (χ1n) is 6.72. The highest BCUT2D eigenvalue weighted by Crippen LogP contribution is 2.18. The molecular weight excluding hydrogens is 280 g/mol. The maximum Gasteiger partial charge on any atom is 0.126 e. The Balaban J connectivity index is 2.69. The molecule has 5 unspecified atom stereocenters. The number of aromatic nitrogens is 2. The molecular formula is C13H22N2O6. The maximum atomic E-state index is 9.85. The van der Waals surface area contributed by atoms with Crippen molar-refractivity contribution in [3.8, 4) is 0 Å². The number of aliphatic hydroxyl groups is 6. The Bertz CT molecular complexity index is 416. The van der Waals surface area contributed by atoms with Crippen molar-refractivity contribution in [1.29, 1.82) is 0 Å². The molecule has 0 radical (unpaired) electrons. The zero-order valence-corrected chi connectivity index (χ0v) is 11.7. The minimum atomic E-state index is -1.37. The molecule has 21 heavy (non-hydrogen) atoms. The SMILES string of the molecule is CCC(O)C(O)C(O)c1cnc(CC(O)C(O)CO)cn1. The van der Waals surface area contributed by atoms with E-state index in [4.69, 9.17) is 5.11 Å². The van der Waals surface area contributed by atoms with E-state index in [1.165, 1.54) is 12.4 Å². The Morgan fingerprint density at radius 2 is 1.62 bits per heavy atom. The third-order valence-corrected chi connectivity index (χ3v) is 3.21. The molecule has 0 aliphatic heterocycles. The molecule has 0 saturated heterocycles. The number of nitrogens with zero attached hydrogens (tertiary/aromatic N) is 2. The van der Waals surface area contributed by atoms with Crippen molar-refractivity contribution >= 4 is 0 Å². The fourth-order valence-electron chi connectivity index (χ4n) is 1.72. The van der Waals surface area contributed by atoms with E-state index in [0.29, 0.717) is 5.69 Å². The third kappa shape index (κ3) is 4.95. The fourth-order valence-corrected chi connectivity index (χ4v) is 1.72. The van der Waals surface area contributed by atoms with Crippen molar-refractivity contribution in [3.05, 3.63) is 23.8 Å². The summed E-state index contributed by atoms with van der Waals surface area (Å²) in [6, 6.07) is 0. The Labute approximate surface area is 122 Å². The van der Waals surface area contributed by atoms with Gasteiger partial charge >= 0.3 is 0 Å². The molecule has 0 aromatic carbocycles. The zero-order valence-electron chi connectivity index (χ0n) is 11.7. The van der Waals surface area contributed by atoms with Gasteiger partial charge in [0.15, 0.2) is 0 Å². The maximum absolute atomic E-state index is 9.85. The molecule has 1 heterocycles. The van der Waals surface area contributed by atoms with Crippen LogP contribution in [0.15, 0.2) is 12.4 Å². The summed E-state index contributed by atoms with van der Waals surface area (Å²) < 4.78 is 0. The first-order valence-corrected chi connectivity index (χ1v) is 6.72. The van der Waals surface area contributed by atoms with Crippen LogP contribution in [0.4, 0.5) is 0 Å². The van der Waals surface area contributed by atoms with Crippen LogP contribution in [0.5, 0.6) is 0 Å². The molecule has 0 aliphatic carbocycles. The average Bonchev–Trinajstić information content (AvgIpc) is 2.52. The van der Waals surface area contributed by atoms with Gasteiger partial charge in [0.2, 0.25) is 0 Å². The van der Waals surface area contributed by atoms with Gasteiger partial charge in [-0.15, -0.1) is 0 Å². The summed E-state index contributed by atoms with van der Waals surface area (Å²) in [5.41, 5.74) is 0.451. The van der Waals surface area contributed by atoms with Crippen LogP contribution in [0.1, 0.15) is 30.8 Å². The normalized spacial score (nSPS) is 18.8. The number of hydrogen-bond acceptors (Lipinski definition) is 8. The highest BCUT2D eigenvalue weighted by atomic mass is 16.4. The van der Waals surface area contributed by atoms with Crippen molar-refractivity contribution in [3.63, 3.8) is 0 Å². The van der Waals surface area contributed by atoms with Crippen LogP contribution in [0.3, 0.4) is 0 Å². The van der Waals surface area contributed by atoms with Crippen LogP contribution < -0.4 is 0 Å². The molecule has 0 amide bonds. The molecule has 8 nitrogen and oxygen atoms in total. The Hall–Kier alpha value is -1.16. The smallest absolute Gasteiger partial charge is 0.126 e. The van der Waals surface area contributed by atoms with Gasteiger partial charge in [0.1, 0.15) is 18.3 Å². The second-order valence-electron chi connectivity index (χ2n) is 4.87. The van der Waals surface area contributed by atoms with Crippen molar-refractivity contribution in [2.75, 3.05) is 6.61 Å². The van der Waals surface area contributed by atoms with E-state index in [9.17, 15) is 25.5 Å². The van der Waals surface area contributed by atoms with Gasteiger partial charge in [-0.25, -0.2) is 0 Å². The summed E-state index contributed by atoms with van der Waals surface area (Å²) in [4.78, 5) is 7.87. The van der Waals surface area contributed by atoms with E-state index in [1.807, 2.05) is 0 Å². The fraction of sp³-hybridized carbons (Fsp3) is 0.692. The van der Waals surface area contributed by atoms with E-state index in [1.54, 1.807) is 6.92 Å². The van der Waals surface area contributed by atoms with Gasteiger partial charge in [-0.2, -0.15) is 0 Å². The van der Waals surface area contributed by atoms with Gasteiger partial charge in [-0.3, -0.25) is 9.97 Å². The van der Waals surface area contributed by atoms with Gasteiger partial charge in [0, 0.05) is 12.6 Å². The lowest BCUT2D eigenvalue weighted by atomic mass is 10.0. The number of hydrogen-bond donors (Lipinski definition) is 6. The summed E-state index contributed by atoms with van der Waals surface area (Å²) in [5.74, 6) is 0. The van der Waals surface area contributed by atoms with E-state index in [0.717, 1.165) is 0 Å². The molecule has 1 aromatic heterocycles. The van der Waals surface area contributed by atoms with Crippen LogP contribution in [0, 0.1) is 0 Å². The largest absolute Gasteiger partial charge is 0.394 e. The second-order valence-corrected chi connectivity index (χ2v) is 4.87. The molecule has 8 heteroatoms. The van der Waals surface area contributed by atoms with Crippen LogP contribution in [0.25, 0.3) is 0 Å². The lowest BCUT2D eigenvalue weighted by Gasteiger charge is -2.21. The van der Waals surface area contributed by atoms with Crippen molar-refractivity contribution in [2.24, 2.45) is 0 Å². The molecule has 6 N–H and O–H groups in total. The first kappa shape index (κ1) is 17.9. The first-order chi connectivity index (χ1) is 9.90. The van der Waals surface area contributed by atoms with Crippen LogP contribution in [-0.4, -0.2) is 71.6 Å². The molecule has 0 fully saturated rings. The molecule has 0 spiro atoms. The lowest BCUT2D eigenvalue weighted by Crippen LogP contribution is -2.32. The molecule has 120 valence electrons. The molecule has 1 aromatic rings. The summed E-state index contributed by atoms with van der Waals surface area (Å²) in [5, 5.41) is 56.5. The average molecular weight is 302 g/mol. The summed E-state index contributed by atoms with van der Waals surface area (Å²) in [6.07, 6.45) is -3.44. The second kappa shape index (κ2) is 8.32. The third-order valence-electron chi connectivity index (χ3n) is 3.21. The quantitative estimate of drug-likeness (QED) is 0.320. The minimum absolute atomic E-state index is 0.00869. The number of rotatable bonds is 8. The molecule has 0 saturated carbocycles. The number of aliphatic hydroxyl groups excluding tert-OH is 6. The van der Waals surface area contributed by atoms with Crippen LogP contribution >= 0.6 is 0 Å². The van der Waals surface area contributed by atoms with Gasteiger partial charge < -0.3 is 30.6 Å². The van der Waals surface area contributed by atoms with Crippen molar-refractivity contribution in [2.45, 2.75) is 50.3 Å². The monoisotopic (exact) mass is 302 g/mol. The Morgan fingerprint density at radius 1 is 0.952 bits per heavy atom. The predicted molar refractivity (Wildman–Crippen MR) is 72.1 cm³/mol. The van der Waals surface area contributed by atoms with Crippen molar-refractivity contribution < 1.29 is 30.6 Å². The van der Waals surface area contributed by atoms with Crippen molar-refractivity contribution in [1.82, 2.24) is 9.97 Å². The minimum Gasteiger partial charge on any atom is -0.394 e. The molecule has 0 bridgehead atoms. The van der Waals surface area contributed by atoms with Crippen LogP contribution in [0.2, 0.25) is 0 Å². The Morgan fingerprint density at radius 3 is 2.10 bits per heavy atom. The van der Waals surface area contributed by atoms with Gasteiger partial charge in [0.05, 0.1) is 36.4 Å². The topological polar surface area (TPSA) is 147 Å². The Kier molecular flexibility index (Phi) is 7.09. The molecule has 0 aliphatic rings.